The van der Waals surface area contributed by atoms with Gasteiger partial charge in [0.25, 0.3) is 0 Å². The predicted octanol–water partition coefficient (Wildman–Crippen LogP) is 1.65. The first-order chi connectivity index (χ1) is 11.1. The Bertz CT molecular complexity index is 447. The fourth-order valence-corrected chi connectivity index (χ4v) is 5.20. The van der Waals surface area contributed by atoms with E-state index in [0.29, 0.717) is 18.7 Å². The molecular formula is C15H24N2O4S2. The quantitative estimate of drug-likeness (QED) is 0.450. The molecule has 0 aromatic heterocycles. The summed E-state index contributed by atoms with van der Waals surface area (Å²) in [4.78, 5) is 34.6. The van der Waals surface area contributed by atoms with E-state index in [1.165, 1.54) is 10.8 Å². The van der Waals surface area contributed by atoms with Crippen LogP contribution in [0.3, 0.4) is 0 Å². The number of carbonyl (C=O) groups excluding carboxylic acids is 2. The lowest BCUT2D eigenvalue weighted by Gasteiger charge is -2.40. The van der Waals surface area contributed by atoms with E-state index in [-0.39, 0.29) is 36.1 Å². The molecule has 6 nitrogen and oxygen atoms in total. The average molecular weight is 361 g/mol. The molecule has 23 heavy (non-hydrogen) atoms. The van der Waals surface area contributed by atoms with Crippen LogP contribution in [0.1, 0.15) is 38.5 Å². The van der Waals surface area contributed by atoms with Gasteiger partial charge in [0.2, 0.25) is 11.8 Å². The van der Waals surface area contributed by atoms with E-state index < -0.39 is 5.97 Å². The molecule has 2 amide bonds. The second kappa shape index (κ2) is 9.42. The van der Waals surface area contributed by atoms with Crippen LogP contribution < -0.4 is 10.6 Å². The molecule has 1 saturated heterocycles. The highest BCUT2D eigenvalue weighted by atomic mass is 33.1. The number of hydrogen-bond acceptors (Lipinski definition) is 5. The van der Waals surface area contributed by atoms with Crippen molar-refractivity contribution in [2.24, 2.45) is 11.8 Å². The Morgan fingerprint density at radius 1 is 1.22 bits per heavy atom. The Kier molecular flexibility index (Phi) is 7.55. The van der Waals surface area contributed by atoms with E-state index in [1.54, 1.807) is 10.8 Å². The van der Waals surface area contributed by atoms with Gasteiger partial charge in [0.05, 0.1) is 12.3 Å². The molecule has 3 N–H and O–H groups in total. The summed E-state index contributed by atoms with van der Waals surface area (Å²) in [5, 5.41) is 14.5. The first kappa shape index (κ1) is 18.4. The van der Waals surface area contributed by atoms with E-state index in [2.05, 4.69) is 10.6 Å². The van der Waals surface area contributed by atoms with Crippen LogP contribution in [0.25, 0.3) is 0 Å². The third-order valence-electron chi connectivity index (χ3n) is 4.39. The van der Waals surface area contributed by atoms with Gasteiger partial charge < -0.3 is 15.7 Å². The summed E-state index contributed by atoms with van der Waals surface area (Å²) >= 11 is 0. The fraction of sp³-hybridized carbons (Fsp3) is 0.800. The van der Waals surface area contributed by atoms with Crippen LogP contribution >= 0.6 is 21.6 Å². The molecule has 130 valence electrons. The molecule has 0 aromatic carbocycles. The molecule has 2 fully saturated rings. The van der Waals surface area contributed by atoms with Crippen molar-refractivity contribution in [3.8, 4) is 0 Å². The van der Waals surface area contributed by atoms with Crippen molar-refractivity contribution >= 4 is 39.4 Å². The van der Waals surface area contributed by atoms with E-state index in [9.17, 15) is 14.4 Å². The lowest BCUT2D eigenvalue weighted by molar-refractivity contribution is -0.137. The molecule has 1 saturated carbocycles. The largest absolute Gasteiger partial charge is 0.481 e. The van der Waals surface area contributed by atoms with Gasteiger partial charge >= 0.3 is 5.97 Å². The maximum atomic E-state index is 12.4. The number of carboxylic acid groups (broad SMARTS) is 1. The summed E-state index contributed by atoms with van der Waals surface area (Å²) in [6.45, 7) is 0.555. The standard InChI is InChI=1S/C15H24N2O4S2/c18-13-9-11(10-3-1-2-4-12(10)17-13)15(21)16-6-8-23-22-7-5-14(19)20/h10-12H,1-9H2,(H,16,21)(H,17,18)(H,19,20). The molecule has 2 aliphatic rings. The van der Waals surface area contributed by atoms with Crippen LogP contribution in [-0.2, 0) is 14.4 Å². The molecule has 2 rings (SSSR count). The van der Waals surface area contributed by atoms with E-state index >= 15 is 0 Å². The molecule has 3 unspecified atom stereocenters. The van der Waals surface area contributed by atoms with Gasteiger partial charge in [-0.1, -0.05) is 34.4 Å². The number of rotatable bonds is 8. The smallest absolute Gasteiger partial charge is 0.304 e. The summed E-state index contributed by atoms with van der Waals surface area (Å²) in [5.74, 6) is 0.588. The van der Waals surface area contributed by atoms with Crippen molar-refractivity contribution in [2.45, 2.75) is 44.6 Å². The summed E-state index contributed by atoms with van der Waals surface area (Å²) in [6, 6.07) is 0.168. The normalized spacial score (nSPS) is 27.0. The SMILES string of the molecule is O=C(O)CCSSCCNC(=O)C1CC(=O)NC2CCCCC21. The Morgan fingerprint density at radius 2 is 1.96 bits per heavy atom. The van der Waals surface area contributed by atoms with Crippen molar-refractivity contribution < 1.29 is 19.5 Å². The zero-order chi connectivity index (χ0) is 16.7. The number of fused-ring (bicyclic) bond motifs is 1. The molecule has 1 heterocycles. The third kappa shape index (κ3) is 5.91. The Hall–Kier alpha value is -0.890. The number of amides is 2. The number of carboxylic acids is 1. The Labute approximate surface area is 144 Å². The summed E-state index contributed by atoms with van der Waals surface area (Å²) in [6.07, 6.45) is 4.72. The van der Waals surface area contributed by atoms with Crippen molar-refractivity contribution in [1.29, 1.82) is 0 Å². The predicted molar refractivity (Wildman–Crippen MR) is 92.2 cm³/mol. The maximum absolute atomic E-state index is 12.4. The van der Waals surface area contributed by atoms with Crippen LogP contribution in [0.15, 0.2) is 0 Å². The van der Waals surface area contributed by atoms with Crippen LogP contribution in [-0.4, -0.2) is 47.0 Å². The molecule has 0 aromatic rings. The zero-order valence-corrected chi connectivity index (χ0v) is 14.7. The molecular weight excluding hydrogens is 336 g/mol. The minimum Gasteiger partial charge on any atom is -0.481 e. The highest BCUT2D eigenvalue weighted by Crippen LogP contribution is 2.35. The number of nitrogens with one attached hydrogen (secondary N) is 2. The maximum Gasteiger partial charge on any atom is 0.304 e. The highest BCUT2D eigenvalue weighted by Gasteiger charge is 2.41. The van der Waals surface area contributed by atoms with E-state index in [1.807, 2.05) is 0 Å². The summed E-state index contributed by atoms with van der Waals surface area (Å²) < 4.78 is 0. The van der Waals surface area contributed by atoms with Gasteiger partial charge in [0.1, 0.15) is 0 Å². The summed E-state index contributed by atoms with van der Waals surface area (Å²) in [7, 11) is 3.07. The minimum absolute atomic E-state index is 0.00659. The van der Waals surface area contributed by atoms with Crippen LogP contribution in [0, 0.1) is 11.8 Å². The van der Waals surface area contributed by atoms with Crippen LogP contribution in [0.4, 0.5) is 0 Å². The van der Waals surface area contributed by atoms with Gasteiger partial charge in [-0.05, 0) is 18.8 Å². The van der Waals surface area contributed by atoms with Crippen LogP contribution in [0.2, 0.25) is 0 Å². The van der Waals surface area contributed by atoms with Gasteiger partial charge in [0.15, 0.2) is 0 Å². The molecule has 1 aliphatic heterocycles. The third-order valence-corrected chi connectivity index (χ3v) is 6.80. The topological polar surface area (TPSA) is 95.5 Å². The minimum atomic E-state index is -0.788. The molecule has 0 bridgehead atoms. The molecule has 0 radical (unpaired) electrons. The van der Waals surface area contributed by atoms with E-state index in [0.717, 1.165) is 31.4 Å². The van der Waals surface area contributed by atoms with Gasteiger partial charge in [-0.2, -0.15) is 0 Å². The first-order valence-electron chi connectivity index (χ1n) is 8.11. The molecule has 8 heteroatoms. The van der Waals surface area contributed by atoms with Gasteiger partial charge in [-0.15, -0.1) is 0 Å². The lowest BCUT2D eigenvalue weighted by atomic mass is 9.72. The lowest BCUT2D eigenvalue weighted by Crippen LogP contribution is -2.54. The number of carbonyl (C=O) groups is 3. The van der Waals surface area contributed by atoms with E-state index in [4.69, 9.17) is 5.11 Å². The van der Waals surface area contributed by atoms with Crippen LogP contribution in [0.5, 0.6) is 0 Å². The van der Waals surface area contributed by atoms with Crippen molar-refractivity contribution in [1.82, 2.24) is 10.6 Å². The van der Waals surface area contributed by atoms with Gasteiger partial charge in [-0.25, -0.2) is 0 Å². The van der Waals surface area contributed by atoms with Crippen molar-refractivity contribution in [3.63, 3.8) is 0 Å². The summed E-state index contributed by atoms with van der Waals surface area (Å²) in [5.41, 5.74) is 0. The highest BCUT2D eigenvalue weighted by molar-refractivity contribution is 8.76. The fourth-order valence-electron chi connectivity index (χ4n) is 3.32. The Morgan fingerprint density at radius 3 is 2.74 bits per heavy atom. The van der Waals surface area contributed by atoms with Gasteiger partial charge in [-0.3, -0.25) is 14.4 Å². The monoisotopic (exact) mass is 360 g/mol. The first-order valence-corrected chi connectivity index (χ1v) is 10.6. The number of piperidine rings is 1. The van der Waals surface area contributed by atoms with Gasteiger partial charge in [0, 0.05) is 30.5 Å². The molecule has 3 atom stereocenters. The second-order valence-corrected chi connectivity index (χ2v) is 8.71. The zero-order valence-electron chi connectivity index (χ0n) is 13.1. The van der Waals surface area contributed by atoms with Crippen molar-refractivity contribution in [3.05, 3.63) is 0 Å². The number of hydrogen-bond donors (Lipinski definition) is 3. The average Bonchev–Trinajstić information content (AvgIpc) is 2.52. The molecule has 1 aliphatic carbocycles. The number of aliphatic carboxylic acids is 1. The Balaban J connectivity index is 1.67. The van der Waals surface area contributed by atoms with Crippen molar-refractivity contribution in [2.75, 3.05) is 18.1 Å². The second-order valence-electron chi connectivity index (χ2n) is 6.01. The molecule has 0 spiro atoms.